The molecule has 1 N–H and O–H groups in total. The Hall–Kier alpha value is -4.68. The van der Waals surface area contributed by atoms with Crippen LogP contribution in [0.3, 0.4) is 0 Å². The van der Waals surface area contributed by atoms with Gasteiger partial charge in [-0.15, -0.1) is 0 Å². The summed E-state index contributed by atoms with van der Waals surface area (Å²) in [6, 6.07) is 3.04. The number of furan rings is 2. The van der Waals surface area contributed by atoms with E-state index in [9.17, 15) is 24.3 Å². The van der Waals surface area contributed by atoms with Crippen molar-refractivity contribution in [2.45, 2.75) is 115 Å². The number of fused-ring (bicyclic) bond motifs is 8. The van der Waals surface area contributed by atoms with Crippen molar-refractivity contribution in [2.24, 2.45) is 11.8 Å². The molecule has 0 amide bonds. The Balaban J connectivity index is 1.27. The third-order valence-electron chi connectivity index (χ3n) is 11.3. The maximum Gasteiger partial charge on any atom is 0.342 e. The molecular weight excluding hydrogens is 684 g/mol. The van der Waals surface area contributed by atoms with Crippen LogP contribution in [0.25, 0.3) is 0 Å². The second-order valence-electron chi connectivity index (χ2n) is 15.7. The summed E-state index contributed by atoms with van der Waals surface area (Å²) in [6.45, 7) is 15.4. The Morgan fingerprint density at radius 1 is 0.811 bits per heavy atom. The summed E-state index contributed by atoms with van der Waals surface area (Å²) in [5.41, 5.74) is 0.455. The van der Waals surface area contributed by atoms with Crippen LogP contribution in [0.2, 0.25) is 0 Å². The van der Waals surface area contributed by atoms with E-state index in [0.717, 1.165) is 11.1 Å². The highest BCUT2D eigenvalue weighted by molar-refractivity contribution is 5.93. The van der Waals surface area contributed by atoms with Gasteiger partial charge in [0.05, 0.1) is 7.11 Å². The highest BCUT2D eigenvalue weighted by Gasteiger charge is 2.57. The van der Waals surface area contributed by atoms with E-state index < -0.39 is 53.5 Å². The van der Waals surface area contributed by atoms with Crippen molar-refractivity contribution < 1.29 is 56.8 Å². The predicted octanol–water partition coefficient (Wildman–Crippen LogP) is 6.68. The number of hydrogen-bond donors (Lipinski definition) is 1. The molecule has 5 aliphatic heterocycles. The molecule has 8 atom stereocenters. The smallest absolute Gasteiger partial charge is 0.342 e. The zero-order valence-corrected chi connectivity index (χ0v) is 30.8. The molecule has 5 aliphatic rings. The Bertz CT molecular complexity index is 1950. The number of allylic oxidation sites excluding steroid dienone is 2. The fourth-order valence-electron chi connectivity index (χ4n) is 8.04. The first-order valence-corrected chi connectivity index (χ1v) is 18.1. The van der Waals surface area contributed by atoms with E-state index in [2.05, 4.69) is 13.2 Å². The van der Waals surface area contributed by atoms with Gasteiger partial charge in [0.1, 0.15) is 63.7 Å². The quantitative estimate of drug-likeness (QED) is 0.150. The summed E-state index contributed by atoms with van der Waals surface area (Å²) in [7, 11) is 1.26. The molecule has 282 valence electrons. The average Bonchev–Trinajstić information content (AvgIpc) is 3.54. The van der Waals surface area contributed by atoms with Crippen molar-refractivity contribution in [1.29, 1.82) is 0 Å². The van der Waals surface area contributed by atoms with Crippen molar-refractivity contribution in [1.82, 2.24) is 0 Å². The molecule has 53 heavy (non-hydrogen) atoms. The van der Waals surface area contributed by atoms with Crippen LogP contribution in [0.15, 0.2) is 68.6 Å². The normalized spacial score (nSPS) is 32.3. The number of carbonyl (C=O) groups excluding carboxylic acids is 4. The van der Waals surface area contributed by atoms with E-state index in [1.807, 2.05) is 26.8 Å². The SMILES string of the molecule is C=C(C)[C@@H]1CCC2=C[C@@H](C[C@]3(C)O[C@H]3c3cc(C(=O)O[C@@H]4c5cc(C(=O)OC)c(o5)C[C@@H](C(=C)C)CCC5=C[C@@H](C[C@@]4(C)O)OC5=O)c(o3)C1)OC2=O. The van der Waals surface area contributed by atoms with Crippen molar-refractivity contribution >= 4 is 23.9 Å². The van der Waals surface area contributed by atoms with Crippen LogP contribution in [-0.2, 0) is 46.1 Å². The molecule has 2 aromatic rings. The summed E-state index contributed by atoms with van der Waals surface area (Å²) in [6.07, 6.45) is 3.13. The maximum atomic E-state index is 14.4. The number of carbonyl (C=O) groups is 4. The number of esters is 4. The third kappa shape index (κ3) is 7.18. The minimum absolute atomic E-state index is 0.0192. The third-order valence-corrected chi connectivity index (χ3v) is 11.3. The molecule has 7 heterocycles. The predicted molar refractivity (Wildman–Crippen MR) is 187 cm³/mol. The lowest BCUT2D eigenvalue weighted by molar-refractivity contribution is -0.145. The number of epoxide rings is 1. The molecule has 2 aromatic heterocycles. The van der Waals surface area contributed by atoms with Gasteiger partial charge in [-0.05, 0) is 89.5 Å². The number of methoxy groups -OCH3 is 1. The van der Waals surface area contributed by atoms with E-state index in [-0.39, 0.29) is 59.7 Å². The first-order chi connectivity index (χ1) is 25.0. The number of ether oxygens (including phenoxy) is 5. The minimum atomic E-state index is -1.86. The van der Waals surface area contributed by atoms with Gasteiger partial charge in [-0.25, -0.2) is 19.2 Å². The highest BCUT2D eigenvalue weighted by Crippen LogP contribution is 2.54. The second-order valence-corrected chi connectivity index (χ2v) is 15.7. The lowest BCUT2D eigenvalue weighted by atomic mass is 9.87. The Kier molecular flexibility index (Phi) is 9.43. The number of aliphatic hydroxyl groups is 1. The molecule has 12 heteroatoms. The van der Waals surface area contributed by atoms with Gasteiger partial charge in [0.2, 0.25) is 0 Å². The van der Waals surface area contributed by atoms with Crippen molar-refractivity contribution in [3.8, 4) is 0 Å². The number of hydrogen-bond acceptors (Lipinski definition) is 12. The lowest BCUT2D eigenvalue weighted by Crippen LogP contribution is -2.39. The van der Waals surface area contributed by atoms with Gasteiger partial charge in [0, 0.05) is 36.8 Å². The lowest BCUT2D eigenvalue weighted by Gasteiger charge is -2.32. The summed E-state index contributed by atoms with van der Waals surface area (Å²) in [5.74, 6) is -1.54. The van der Waals surface area contributed by atoms with E-state index in [1.54, 1.807) is 12.1 Å². The fourth-order valence-corrected chi connectivity index (χ4v) is 8.04. The van der Waals surface area contributed by atoms with Crippen LogP contribution in [0.1, 0.15) is 122 Å². The van der Waals surface area contributed by atoms with Gasteiger partial charge in [0.15, 0.2) is 6.10 Å². The molecule has 0 unspecified atom stereocenters. The monoisotopic (exact) mass is 730 g/mol. The molecule has 0 aromatic carbocycles. The Labute approximate surface area is 307 Å². The van der Waals surface area contributed by atoms with Crippen LogP contribution >= 0.6 is 0 Å². The van der Waals surface area contributed by atoms with Gasteiger partial charge in [-0.2, -0.15) is 0 Å². The largest absolute Gasteiger partial charge is 0.465 e. The van der Waals surface area contributed by atoms with E-state index in [0.29, 0.717) is 54.8 Å². The molecule has 8 bridgehead atoms. The second kappa shape index (κ2) is 13.6. The van der Waals surface area contributed by atoms with Gasteiger partial charge in [-0.3, -0.25) is 0 Å². The molecule has 0 aliphatic carbocycles. The molecular formula is C41H46O12. The summed E-state index contributed by atoms with van der Waals surface area (Å²) < 4.78 is 41.4. The fraction of sp³-hybridized carbons (Fsp3) is 0.512. The van der Waals surface area contributed by atoms with Crippen molar-refractivity contribution in [2.75, 3.05) is 7.11 Å². The van der Waals surface area contributed by atoms with Crippen molar-refractivity contribution in [3.63, 3.8) is 0 Å². The first kappa shape index (κ1) is 36.7. The Morgan fingerprint density at radius 2 is 1.32 bits per heavy atom. The minimum Gasteiger partial charge on any atom is -0.465 e. The van der Waals surface area contributed by atoms with Crippen LogP contribution in [0, 0.1) is 11.8 Å². The summed E-state index contributed by atoms with van der Waals surface area (Å²) >= 11 is 0. The van der Waals surface area contributed by atoms with E-state index in [4.69, 9.17) is 32.5 Å². The van der Waals surface area contributed by atoms with E-state index >= 15 is 0 Å². The standard InChI is InChI=1S/C41H46O12/c1-20(2)22-8-10-24-12-26(48-36(24)42)18-40(5,46)34(32-16-28(38(44)47-7)30(14-22)50-32)52-39(45)29-17-33-35-41(6,53-35)19-27-13-25(37(43)49-27)11-9-23(21(3)4)15-31(29)51-33/h12-13,16-17,22-23,26-27,34-35,46H,1,3,8-11,14-15,18-19H2,2,4-7H3/t22-,23+,26-,27-,34+,35-,40+,41-/m0/s1. The van der Waals surface area contributed by atoms with Crippen molar-refractivity contribution in [3.05, 3.63) is 93.9 Å². The van der Waals surface area contributed by atoms with Gasteiger partial charge >= 0.3 is 23.9 Å². The number of rotatable bonds is 5. The molecule has 7 rings (SSSR count). The maximum absolute atomic E-state index is 14.4. The zero-order valence-electron chi connectivity index (χ0n) is 30.8. The van der Waals surface area contributed by atoms with Crippen LogP contribution in [0.5, 0.6) is 0 Å². The molecule has 1 saturated heterocycles. The highest BCUT2D eigenvalue weighted by atomic mass is 16.6. The topological polar surface area (TPSA) is 164 Å². The summed E-state index contributed by atoms with van der Waals surface area (Å²) in [5, 5.41) is 12.1. The van der Waals surface area contributed by atoms with Crippen LogP contribution < -0.4 is 0 Å². The molecule has 0 radical (unpaired) electrons. The molecule has 1 fully saturated rings. The molecule has 0 saturated carbocycles. The average molecular weight is 731 g/mol. The van der Waals surface area contributed by atoms with Crippen LogP contribution in [0.4, 0.5) is 0 Å². The van der Waals surface area contributed by atoms with Gasteiger partial charge in [-0.1, -0.05) is 24.3 Å². The molecule has 12 nitrogen and oxygen atoms in total. The van der Waals surface area contributed by atoms with Crippen LogP contribution in [-0.4, -0.2) is 59.5 Å². The zero-order chi connectivity index (χ0) is 38.0. The van der Waals surface area contributed by atoms with Gasteiger partial charge < -0.3 is 37.6 Å². The van der Waals surface area contributed by atoms with E-state index in [1.165, 1.54) is 20.1 Å². The summed E-state index contributed by atoms with van der Waals surface area (Å²) in [4.78, 5) is 53.0. The Morgan fingerprint density at radius 3 is 1.87 bits per heavy atom. The first-order valence-electron chi connectivity index (χ1n) is 18.1. The van der Waals surface area contributed by atoms with Gasteiger partial charge in [0.25, 0.3) is 0 Å². The molecule has 0 spiro atoms.